The highest BCUT2D eigenvalue weighted by Crippen LogP contribution is 2.05. The lowest BCUT2D eigenvalue weighted by molar-refractivity contribution is -0.121. The van der Waals surface area contributed by atoms with Crippen LogP contribution in [0.15, 0.2) is 47.2 Å². The van der Waals surface area contributed by atoms with Crippen LogP contribution in [0.4, 0.5) is 0 Å². The van der Waals surface area contributed by atoms with E-state index in [1.807, 2.05) is 29.0 Å². The zero-order chi connectivity index (χ0) is 17.0. The first-order valence-corrected chi connectivity index (χ1v) is 9.31. The number of rotatable bonds is 10. The number of nitrogens with one attached hydrogen (secondary N) is 2. The molecule has 0 bridgehead atoms. The smallest absolute Gasteiger partial charge is 0.252 e. The minimum atomic E-state index is -0.0717. The fourth-order valence-corrected chi connectivity index (χ4v) is 3.00. The van der Waals surface area contributed by atoms with Gasteiger partial charge in [0, 0.05) is 30.5 Å². The van der Waals surface area contributed by atoms with Gasteiger partial charge in [0.15, 0.2) is 0 Å². The first-order valence-electron chi connectivity index (χ1n) is 8.37. The van der Waals surface area contributed by atoms with Gasteiger partial charge in [0.1, 0.15) is 0 Å². The number of hydrogen-bond donors (Lipinski definition) is 2. The summed E-state index contributed by atoms with van der Waals surface area (Å²) in [7, 11) is 0. The number of amides is 2. The van der Waals surface area contributed by atoms with Crippen molar-refractivity contribution in [3.05, 3.63) is 58.3 Å². The van der Waals surface area contributed by atoms with Crippen molar-refractivity contribution in [1.82, 2.24) is 10.6 Å². The molecule has 24 heavy (non-hydrogen) atoms. The van der Waals surface area contributed by atoms with Crippen molar-refractivity contribution in [2.45, 2.75) is 32.1 Å². The SMILES string of the molecule is O=C(CCCNC(=O)c1ccsc1)NCCCCc1ccccc1. The Bertz CT molecular complexity index is 612. The van der Waals surface area contributed by atoms with Crippen LogP contribution in [0, 0.1) is 0 Å². The zero-order valence-corrected chi connectivity index (χ0v) is 14.6. The van der Waals surface area contributed by atoms with E-state index in [2.05, 4.69) is 22.8 Å². The van der Waals surface area contributed by atoms with Crippen LogP contribution in [-0.4, -0.2) is 24.9 Å². The van der Waals surface area contributed by atoms with Crippen LogP contribution in [0.1, 0.15) is 41.6 Å². The highest BCUT2D eigenvalue weighted by Gasteiger charge is 2.05. The molecule has 4 nitrogen and oxygen atoms in total. The molecule has 1 aromatic carbocycles. The van der Waals surface area contributed by atoms with Gasteiger partial charge in [-0.2, -0.15) is 11.3 Å². The fourth-order valence-electron chi connectivity index (χ4n) is 2.36. The van der Waals surface area contributed by atoms with Crippen LogP contribution < -0.4 is 10.6 Å². The Labute approximate surface area is 147 Å². The van der Waals surface area contributed by atoms with Gasteiger partial charge in [-0.25, -0.2) is 0 Å². The molecule has 0 aliphatic rings. The largest absolute Gasteiger partial charge is 0.356 e. The molecular weight excluding hydrogens is 320 g/mol. The molecule has 0 spiro atoms. The molecule has 128 valence electrons. The van der Waals surface area contributed by atoms with E-state index in [9.17, 15) is 9.59 Å². The summed E-state index contributed by atoms with van der Waals surface area (Å²) in [5, 5.41) is 9.45. The molecule has 0 saturated carbocycles. The van der Waals surface area contributed by atoms with E-state index in [1.54, 1.807) is 6.07 Å². The Balaban J connectivity index is 1.46. The summed E-state index contributed by atoms with van der Waals surface area (Å²) >= 11 is 1.50. The van der Waals surface area contributed by atoms with E-state index in [-0.39, 0.29) is 11.8 Å². The van der Waals surface area contributed by atoms with Crippen LogP contribution in [0.5, 0.6) is 0 Å². The molecular formula is C19H24N2O2S. The lowest BCUT2D eigenvalue weighted by atomic mass is 10.1. The molecule has 5 heteroatoms. The van der Waals surface area contributed by atoms with Crippen molar-refractivity contribution in [3.63, 3.8) is 0 Å². The molecule has 0 aliphatic heterocycles. The minimum absolute atomic E-state index is 0.0551. The van der Waals surface area contributed by atoms with Gasteiger partial charge in [0.25, 0.3) is 5.91 Å². The van der Waals surface area contributed by atoms with Crippen LogP contribution in [0.25, 0.3) is 0 Å². The lowest BCUT2D eigenvalue weighted by Crippen LogP contribution is -2.27. The van der Waals surface area contributed by atoms with E-state index in [0.717, 1.165) is 19.3 Å². The quantitative estimate of drug-likeness (QED) is 0.649. The molecule has 0 saturated heterocycles. The van der Waals surface area contributed by atoms with E-state index < -0.39 is 0 Å². The van der Waals surface area contributed by atoms with Gasteiger partial charge in [-0.1, -0.05) is 30.3 Å². The van der Waals surface area contributed by atoms with Crippen molar-refractivity contribution < 1.29 is 9.59 Å². The predicted molar refractivity (Wildman–Crippen MR) is 98.3 cm³/mol. The third kappa shape index (κ3) is 6.96. The topological polar surface area (TPSA) is 58.2 Å². The van der Waals surface area contributed by atoms with Gasteiger partial charge in [0.05, 0.1) is 0 Å². The number of aryl methyl sites for hydroxylation is 1. The second-order valence-electron chi connectivity index (χ2n) is 5.66. The molecule has 1 heterocycles. The Morgan fingerprint density at radius 1 is 0.917 bits per heavy atom. The summed E-state index contributed by atoms with van der Waals surface area (Å²) in [6, 6.07) is 12.2. The average Bonchev–Trinajstić information content (AvgIpc) is 3.14. The molecule has 0 unspecified atom stereocenters. The highest BCUT2D eigenvalue weighted by atomic mass is 32.1. The standard InChI is InChI=1S/C19H24N2O2S/c22-18(10-6-13-21-19(23)17-11-14-24-15-17)20-12-5-4-9-16-7-2-1-3-8-16/h1-3,7-8,11,14-15H,4-6,9-10,12-13H2,(H,20,22)(H,21,23). The summed E-state index contributed by atoms with van der Waals surface area (Å²) in [6.45, 7) is 1.24. The maximum atomic E-state index is 11.7. The molecule has 0 fully saturated rings. The maximum Gasteiger partial charge on any atom is 0.252 e. The molecule has 0 atom stereocenters. The van der Waals surface area contributed by atoms with Crippen molar-refractivity contribution in [2.75, 3.05) is 13.1 Å². The Hall–Kier alpha value is -2.14. The Kier molecular flexibility index (Phi) is 8.04. The van der Waals surface area contributed by atoms with E-state index in [0.29, 0.717) is 31.5 Å². The van der Waals surface area contributed by atoms with Gasteiger partial charge < -0.3 is 10.6 Å². The minimum Gasteiger partial charge on any atom is -0.356 e. The summed E-state index contributed by atoms with van der Waals surface area (Å²) in [5.41, 5.74) is 2.02. The molecule has 0 radical (unpaired) electrons. The molecule has 2 N–H and O–H groups in total. The summed E-state index contributed by atoms with van der Waals surface area (Å²) in [6.07, 6.45) is 4.20. The number of thiophene rings is 1. The Morgan fingerprint density at radius 3 is 2.46 bits per heavy atom. The number of benzene rings is 1. The van der Waals surface area contributed by atoms with Crippen molar-refractivity contribution >= 4 is 23.2 Å². The second kappa shape index (κ2) is 10.6. The number of unbranched alkanes of at least 4 members (excludes halogenated alkanes) is 1. The number of carbonyl (C=O) groups is 2. The molecule has 2 amide bonds. The second-order valence-corrected chi connectivity index (χ2v) is 6.44. The normalized spacial score (nSPS) is 10.3. The van der Waals surface area contributed by atoms with Gasteiger partial charge in [0.2, 0.25) is 5.91 Å². The van der Waals surface area contributed by atoms with Crippen LogP contribution in [0.2, 0.25) is 0 Å². The monoisotopic (exact) mass is 344 g/mol. The maximum absolute atomic E-state index is 11.7. The van der Waals surface area contributed by atoms with E-state index in [4.69, 9.17) is 0 Å². The average molecular weight is 344 g/mol. The summed E-state index contributed by atoms with van der Waals surface area (Å²) in [4.78, 5) is 23.4. The first kappa shape index (κ1) is 18.2. The molecule has 0 aliphatic carbocycles. The highest BCUT2D eigenvalue weighted by molar-refractivity contribution is 7.08. The fraction of sp³-hybridized carbons (Fsp3) is 0.368. The van der Waals surface area contributed by atoms with Crippen molar-refractivity contribution in [3.8, 4) is 0 Å². The van der Waals surface area contributed by atoms with Gasteiger partial charge in [-0.05, 0) is 42.7 Å². The van der Waals surface area contributed by atoms with Crippen LogP contribution in [0.3, 0.4) is 0 Å². The van der Waals surface area contributed by atoms with Gasteiger partial charge in [-0.15, -0.1) is 0 Å². The molecule has 2 rings (SSSR count). The molecule has 2 aromatic rings. The number of carbonyl (C=O) groups excluding carboxylic acids is 2. The third-order valence-electron chi connectivity index (χ3n) is 3.71. The third-order valence-corrected chi connectivity index (χ3v) is 4.39. The lowest BCUT2D eigenvalue weighted by Gasteiger charge is -2.06. The number of hydrogen-bond acceptors (Lipinski definition) is 3. The molecule has 1 aromatic heterocycles. The van der Waals surface area contributed by atoms with E-state index >= 15 is 0 Å². The zero-order valence-electron chi connectivity index (χ0n) is 13.8. The van der Waals surface area contributed by atoms with Gasteiger partial charge >= 0.3 is 0 Å². The predicted octanol–water partition coefficient (Wildman–Crippen LogP) is 3.40. The van der Waals surface area contributed by atoms with Crippen molar-refractivity contribution in [1.29, 1.82) is 0 Å². The van der Waals surface area contributed by atoms with Crippen LogP contribution >= 0.6 is 11.3 Å². The Morgan fingerprint density at radius 2 is 1.71 bits per heavy atom. The van der Waals surface area contributed by atoms with Gasteiger partial charge in [-0.3, -0.25) is 9.59 Å². The first-order chi connectivity index (χ1) is 11.8. The summed E-state index contributed by atoms with van der Waals surface area (Å²) < 4.78 is 0. The van der Waals surface area contributed by atoms with Crippen molar-refractivity contribution in [2.24, 2.45) is 0 Å². The van der Waals surface area contributed by atoms with Crippen LogP contribution in [-0.2, 0) is 11.2 Å². The summed E-state index contributed by atoms with van der Waals surface area (Å²) in [5.74, 6) is -0.0166. The van der Waals surface area contributed by atoms with E-state index in [1.165, 1.54) is 16.9 Å².